The van der Waals surface area contributed by atoms with Crippen molar-refractivity contribution in [1.29, 1.82) is 0 Å². The Morgan fingerprint density at radius 3 is 2.50 bits per heavy atom. The van der Waals surface area contributed by atoms with E-state index in [2.05, 4.69) is 49.5 Å². The smallest absolute Gasteiger partial charge is 0.0803 e. The van der Waals surface area contributed by atoms with Crippen molar-refractivity contribution in [3.63, 3.8) is 0 Å². The fourth-order valence-corrected chi connectivity index (χ4v) is 3.42. The van der Waals surface area contributed by atoms with E-state index in [4.69, 9.17) is 0 Å². The summed E-state index contributed by atoms with van der Waals surface area (Å²) in [6.07, 6.45) is 3.42. The van der Waals surface area contributed by atoms with Crippen molar-refractivity contribution in [2.45, 2.75) is 59.9 Å². The molecule has 2 atom stereocenters. The molecular formula is C14H27N3S. The highest BCUT2D eigenvalue weighted by atomic mass is 32.1. The Morgan fingerprint density at radius 2 is 1.94 bits per heavy atom. The van der Waals surface area contributed by atoms with Gasteiger partial charge < -0.3 is 5.32 Å². The van der Waals surface area contributed by atoms with Crippen LogP contribution in [-0.4, -0.2) is 16.1 Å². The normalized spacial score (nSPS) is 15.0. The summed E-state index contributed by atoms with van der Waals surface area (Å²) in [6, 6.07) is 0.416. The Bertz CT molecular complexity index is 336. The average molecular weight is 269 g/mol. The van der Waals surface area contributed by atoms with Gasteiger partial charge in [0.15, 0.2) is 0 Å². The van der Waals surface area contributed by atoms with Crippen LogP contribution < -0.4 is 5.32 Å². The fourth-order valence-electron chi connectivity index (χ4n) is 2.51. The van der Waals surface area contributed by atoms with E-state index in [1.54, 1.807) is 11.5 Å². The van der Waals surface area contributed by atoms with Gasteiger partial charge in [0.25, 0.3) is 0 Å². The number of hydrogen-bond donors (Lipinski definition) is 1. The van der Waals surface area contributed by atoms with Gasteiger partial charge in [-0.05, 0) is 42.8 Å². The third-order valence-electron chi connectivity index (χ3n) is 3.19. The lowest BCUT2D eigenvalue weighted by molar-refractivity contribution is 0.335. The van der Waals surface area contributed by atoms with Crippen molar-refractivity contribution in [1.82, 2.24) is 14.9 Å². The van der Waals surface area contributed by atoms with Crippen LogP contribution in [0.2, 0.25) is 0 Å². The highest BCUT2D eigenvalue weighted by Gasteiger charge is 2.24. The maximum Gasteiger partial charge on any atom is 0.0803 e. The van der Waals surface area contributed by atoms with E-state index < -0.39 is 0 Å². The molecule has 0 saturated carbocycles. The molecule has 1 rings (SSSR count). The molecule has 4 heteroatoms. The van der Waals surface area contributed by atoms with Crippen LogP contribution in [0.1, 0.15) is 64.1 Å². The fraction of sp³-hybridized carbons (Fsp3) is 0.857. The highest BCUT2D eigenvalue weighted by Crippen LogP contribution is 2.31. The summed E-state index contributed by atoms with van der Waals surface area (Å²) in [5.41, 5.74) is 1.20. The Labute approximate surface area is 116 Å². The van der Waals surface area contributed by atoms with E-state index in [-0.39, 0.29) is 0 Å². The summed E-state index contributed by atoms with van der Waals surface area (Å²) in [5.74, 6) is 1.36. The second kappa shape index (κ2) is 7.85. The first-order chi connectivity index (χ1) is 8.60. The van der Waals surface area contributed by atoms with Gasteiger partial charge in [-0.25, -0.2) is 0 Å². The third kappa shape index (κ3) is 4.32. The van der Waals surface area contributed by atoms with Crippen molar-refractivity contribution < 1.29 is 0 Å². The summed E-state index contributed by atoms with van der Waals surface area (Å²) in [7, 11) is 0. The molecule has 1 aromatic heterocycles. The first-order valence-electron chi connectivity index (χ1n) is 7.14. The zero-order chi connectivity index (χ0) is 13.5. The van der Waals surface area contributed by atoms with Crippen LogP contribution in [-0.2, 0) is 6.42 Å². The minimum atomic E-state index is 0.416. The molecule has 0 amide bonds. The van der Waals surface area contributed by atoms with E-state index in [0.717, 1.165) is 25.3 Å². The van der Waals surface area contributed by atoms with E-state index in [0.29, 0.717) is 12.0 Å². The lowest BCUT2D eigenvalue weighted by Crippen LogP contribution is -2.27. The molecule has 2 unspecified atom stereocenters. The molecule has 0 radical (unpaired) electrons. The SMILES string of the molecule is CCCc1nnsc1C(NCC)C(C)CC(C)C. The maximum atomic E-state index is 4.30. The van der Waals surface area contributed by atoms with Crippen molar-refractivity contribution in [2.75, 3.05) is 6.54 Å². The Balaban J connectivity index is 2.85. The molecule has 0 aliphatic heterocycles. The molecule has 1 N–H and O–H groups in total. The summed E-state index contributed by atoms with van der Waals surface area (Å²) in [5, 5.41) is 7.92. The van der Waals surface area contributed by atoms with Gasteiger partial charge in [0.05, 0.1) is 10.6 Å². The first kappa shape index (κ1) is 15.6. The second-order valence-corrected chi connectivity index (χ2v) is 6.26. The van der Waals surface area contributed by atoms with Crippen molar-refractivity contribution >= 4 is 11.5 Å². The number of rotatable bonds is 8. The molecule has 18 heavy (non-hydrogen) atoms. The van der Waals surface area contributed by atoms with Gasteiger partial charge in [0, 0.05) is 6.04 Å². The van der Waals surface area contributed by atoms with E-state index >= 15 is 0 Å². The van der Waals surface area contributed by atoms with Gasteiger partial charge in [-0.1, -0.05) is 45.5 Å². The van der Waals surface area contributed by atoms with Crippen LogP contribution in [0, 0.1) is 11.8 Å². The molecule has 0 fully saturated rings. The van der Waals surface area contributed by atoms with Gasteiger partial charge in [-0.3, -0.25) is 0 Å². The number of aryl methyl sites for hydroxylation is 1. The monoisotopic (exact) mass is 269 g/mol. The van der Waals surface area contributed by atoms with Gasteiger partial charge in [-0.2, -0.15) is 0 Å². The largest absolute Gasteiger partial charge is 0.309 e. The number of nitrogens with zero attached hydrogens (tertiary/aromatic N) is 2. The maximum absolute atomic E-state index is 4.30. The molecular weight excluding hydrogens is 242 g/mol. The molecule has 0 aromatic carbocycles. The Morgan fingerprint density at radius 1 is 1.22 bits per heavy atom. The van der Waals surface area contributed by atoms with Crippen LogP contribution in [0.5, 0.6) is 0 Å². The van der Waals surface area contributed by atoms with Crippen molar-refractivity contribution in [3.8, 4) is 0 Å². The summed E-state index contributed by atoms with van der Waals surface area (Å²) in [6.45, 7) is 12.3. The van der Waals surface area contributed by atoms with E-state index in [9.17, 15) is 0 Å². The topological polar surface area (TPSA) is 37.8 Å². The minimum absolute atomic E-state index is 0.416. The quantitative estimate of drug-likeness (QED) is 0.779. The first-order valence-corrected chi connectivity index (χ1v) is 7.91. The summed E-state index contributed by atoms with van der Waals surface area (Å²) >= 11 is 1.57. The highest BCUT2D eigenvalue weighted by molar-refractivity contribution is 7.05. The molecule has 104 valence electrons. The second-order valence-electron chi connectivity index (χ2n) is 5.48. The zero-order valence-electron chi connectivity index (χ0n) is 12.4. The molecule has 0 spiro atoms. The standard InChI is InChI=1S/C14H27N3S/c1-6-8-12-14(18-17-16-12)13(15-7-2)11(5)9-10(3)4/h10-11,13,15H,6-9H2,1-5H3. The zero-order valence-corrected chi connectivity index (χ0v) is 13.2. The van der Waals surface area contributed by atoms with Crippen LogP contribution in [0.25, 0.3) is 0 Å². The number of aromatic nitrogens is 2. The Hall–Kier alpha value is -0.480. The lowest BCUT2D eigenvalue weighted by Gasteiger charge is -2.25. The minimum Gasteiger partial charge on any atom is -0.309 e. The van der Waals surface area contributed by atoms with Gasteiger partial charge in [0.2, 0.25) is 0 Å². The molecule has 0 saturated heterocycles. The van der Waals surface area contributed by atoms with Gasteiger partial charge >= 0.3 is 0 Å². The van der Waals surface area contributed by atoms with Crippen LogP contribution >= 0.6 is 11.5 Å². The third-order valence-corrected chi connectivity index (χ3v) is 4.04. The van der Waals surface area contributed by atoms with E-state index in [1.165, 1.54) is 17.0 Å². The van der Waals surface area contributed by atoms with Crippen LogP contribution in [0.4, 0.5) is 0 Å². The van der Waals surface area contributed by atoms with Crippen LogP contribution in [0.3, 0.4) is 0 Å². The van der Waals surface area contributed by atoms with Gasteiger partial charge in [0.1, 0.15) is 0 Å². The summed E-state index contributed by atoms with van der Waals surface area (Å²) < 4.78 is 4.16. The van der Waals surface area contributed by atoms with Crippen molar-refractivity contribution in [2.24, 2.45) is 11.8 Å². The van der Waals surface area contributed by atoms with Crippen LogP contribution in [0.15, 0.2) is 0 Å². The molecule has 0 aliphatic rings. The number of nitrogens with one attached hydrogen (secondary N) is 1. The van der Waals surface area contributed by atoms with Crippen molar-refractivity contribution in [3.05, 3.63) is 10.6 Å². The number of hydrogen-bond acceptors (Lipinski definition) is 4. The molecule has 0 aliphatic carbocycles. The van der Waals surface area contributed by atoms with E-state index in [1.807, 2.05) is 0 Å². The molecule has 3 nitrogen and oxygen atoms in total. The molecule has 0 bridgehead atoms. The average Bonchev–Trinajstić information content (AvgIpc) is 2.73. The van der Waals surface area contributed by atoms with Gasteiger partial charge in [-0.15, -0.1) is 5.10 Å². The lowest BCUT2D eigenvalue weighted by atomic mass is 9.90. The molecule has 1 aromatic rings. The predicted molar refractivity (Wildman–Crippen MR) is 78.9 cm³/mol. The molecule has 1 heterocycles. The Kier molecular flexibility index (Phi) is 6.79. The summed E-state index contributed by atoms with van der Waals surface area (Å²) in [4.78, 5) is 1.35. The predicted octanol–water partition coefficient (Wildman–Crippen LogP) is 3.82.